The number of benzene rings is 1. The van der Waals surface area contributed by atoms with E-state index in [1.54, 1.807) is 13.8 Å². The minimum Gasteiger partial charge on any atom is -0.507 e. The van der Waals surface area contributed by atoms with E-state index in [-0.39, 0.29) is 36.7 Å². The number of esters is 1. The van der Waals surface area contributed by atoms with Gasteiger partial charge in [-0.05, 0) is 31.5 Å². The summed E-state index contributed by atoms with van der Waals surface area (Å²) < 4.78 is 17.9. The van der Waals surface area contributed by atoms with Gasteiger partial charge in [0, 0.05) is 11.6 Å². The van der Waals surface area contributed by atoms with Crippen molar-refractivity contribution in [1.29, 1.82) is 0 Å². The normalized spacial score (nSPS) is 11.6. The first kappa shape index (κ1) is 16.7. The molecule has 0 amide bonds. The van der Waals surface area contributed by atoms with Crippen LogP contribution >= 0.6 is 12.4 Å². The van der Waals surface area contributed by atoms with Gasteiger partial charge >= 0.3 is 5.97 Å². The molecule has 0 spiro atoms. The summed E-state index contributed by atoms with van der Waals surface area (Å²) >= 11 is 0. The topological polar surface area (TPSA) is 72.5 Å². The van der Waals surface area contributed by atoms with E-state index in [0.717, 1.165) is 6.07 Å². The molecular formula is C12H17ClFNO3. The van der Waals surface area contributed by atoms with Crippen LogP contribution in [0.25, 0.3) is 0 Å². The van der Waals surface area contributed by atoms with Crippen LogP contribution in [0.2, 0.25) is 0 Å². The third-order valence-corrected chi connectivity index (χ3v) is 2.39. The maximum Gasteiger partial charge on any atom is 0.307 e. The monoisotopic (exact) mass is 277 g/mol. The van der Waals surface area contributed by atoms with Gasteiger partial charge < -0.3 is 15.6 Å². The Morgan fingerprint density at radius 2 is 2.17 bits per heavy atom. The van der Waals surface area contributed by atoms with Crippen LogP contribution < -0.4 is 5.73 Å². The fourth-order valence-electron chi connectivity index (χ4n) is 1.55. The minimum atomic E-state index is -0.775. The van der Waals surface area contributed by atoms with E-state index in [0.29, 0.717) is 5.56 Å². The van der Waals surface area contributed by atoms with Gasteiger partial charge in [-0.3, -0.25) is 4.79 Å². The minimum absolute atomic E-state index is 0. The van der Waals surface area contributed by atoms with Crippen molar-refractivity contribution < 1.29 is 19.0 Å². The van der Waals surface area contributed by atoms with Crippen molar-refractivity contribution in [3.63, 3.8) is 0 Å². The summed E-state index contributed by atoms with van der Waals surface area (Å²) in [5.41, 5.74) is 6.34. The highest BCUT2D eigenvalue weighted by Gasteiger charge is 2.18. The molecule has 3 N–H and O–H groups in total. The zero-order valence-electron chi connectivity index (χ0n) is 10.3. The van der Waals surface area contributed by atoms with Gasteiger partial charge in [-0.1, -0.05) is 0 Å². The van der Waals surface area contributed by atoms with E-state index in [2.05, 4.69) is 0 Å². The number of aryl methyl sites for hydroxylation is 1. The van der Waals surface area contributed by atoms with Gasteiger partial charge in [0.1, 0.15) is 11.6 Å². The maximum absolute atomic E-state index is 13.2. The van der Waals surface area contributed by atoms with Gasteiger partial charge in [0.15, 0.2) is 0 Å². The molecule has 1 aromatic rings. The van der Waals surface area contributed by atoms with E-state index >= 15 is 0 Å². The lowest BCUT2D eigenvalue weighted by Crippen LogP contribution is -2.17. The average molecular weight is 278 g/mol. The summed E-state index contributed by atoms with van der Waals surface area (Å²) in [6.45, 7) is 3.52. The van der Waals surface area contributed by atoms with Gasteiger partial charge in [-0.15, -0.1) is 12.4 Å². The summed E-state index contributed by atoms with van der Waals surface area (Å²) in [5, 5.41) is 9.74. The van der Waals surface area contributed by atoms with Gasteiger partial charge in [0.2, 0.25) is 0 Å². The first-order chi connectivity index (χ1) is 7.95. The Morgan fingerprint density at radius 3 is 2.72 bits per heavy atom. The number of hydrogen-bond acceptors (Lipinski definition) is 4. The highest BCUT2D eigenvalue weighted by molar-refractivity contribution is 5.85. The molecule has 0 saturated heterocycles. The van der Waals surface area contributed by atoms with Crippen molar-refractivity contribution in [2.75, 3.05) is 6.61 Å². The van der Waals surface area contributed by atoms with Crippen molar-refractivity contribution in [2.45, 2.75) is 26.3 Å². The lowest BCUT2D eigenvalue weighted by Gasteiger charge is -2.14. The predicted molar refractivity (Wildman–Crippen MR) is 68.2 cm³/mol. The fourth-order valence-corrected chi connectivity index (χ4v) is 1.55. The molecule has 102 valence electrons. The summed E-state index contributed by atoms with van der Waals surface area (Å²) in [6, 6.07) is 1.56. The quantitative estimate of drug-likeness (QED) is 0.828. The van der Waals surface area contributed by atoms with Crippen LogP contribution in [0.3, 0.4) is 0 Å². The van der Waals surface area contributed by atoms with Crippen LogP contribution in [0.15, 0.2) is 12.1 Å². The second-order valence-electron chi connectivity index (χ2n) is 3.78. The molecule has 4 nitrogen and oxygen atoms in total. The Bertz CT molecular complexity index is 426. The van der Waals surface area contributed by atoms with Crippen LogP contribution in [0.4, 0.5) is 4.39 Å². The SMILES string of the molecule is CCOC(=O)C[C@H](N)c1cc(F)cc(C)c1O.Cl. The van der Waals surface area contributed by atoms with Gasteiger partial charge in [-0.2, -0.15) is 0 Å². The maximum atomic E-state index is 13.2. The molecule has 0 unspecified atom stereocenters. The number of rotatable bonds is 4. The molecule has 1 aromatic carbocycles. The first-order valence-corrected chi connectivity index (χ1v) is 5.36. The Labute approximate surface area is 111 Å². The number of phenolic OH excluding ortho intramolecular Hbond substituents is 1. The van der Waals surface area contributed by atoms with Gasteiger partial charge in [0.25, 0.3) is 0 Å². The van der Waals surface area contributed by atoms with E-state index in [1.165, 1.54) is 6.07 Å². The number of carbonyl (C=O) groups excluding carboxylic acids is 1. The smallest absolute Gasteiger partial charge is 0.307 e. The molecule has 0 aliphatic rings. The summed E-state index contributed by atoms with van der Waals surface area (Å²) in [5.74, 6) is -1.04. The summed E-state index contributed by atoms with van der Waals surface area (Å²) in [4.78, 5) is 11.2. The number of ether oxygens (including phenoxy) is 1. The Morgan fingerprint density at radius 1 is 1.56 bits per heavy atom. The summed E-state index contributed by atoms with van der Waals surface area (Å²) in [7, 11) is 0. The molecule has 6 heteroatoms. The van der Waals surface area contributed by atoms with Crippen molar-refractivity contribution in [3.05, 3.63) is 29.1 Å². The van der Waals surface area contributed by atoms with Crippen LogP contribution in [0, 0.1) is 12.7 Å². The third kappa shape index (κ3) is 4.16. The number of nitrogens with two attached hydrogens (primary N) is 1. The lowest BCUT2D eigenvalue weighted by atomic mass is 10.0. The van der Waals surface area contributed by atoms with Crippen molar-refractivity contribution in [1.82, 2.24) is 0 Å². The van der Waals surface area contributed by atoms with Crippen molar-refractivity contribution >= 4 is 18.4 Å². The number of carbonyl (C=O) groups is 1. The van der Waals surface area contributed by atoms with Crippen LogP contribution in [-0.4, -0.2) is 17.7 Å². The fraction of sp³-hybridized carbons (Fsp3) is 0.417. The molecule has 0 bridgehead atoms. The molecule has 1 atom stereocenters. The van der Waals surface area contributed by atoms with E-state index in [1.807, 2.05) is 0 Å². The zero-order chi connectivity index (χ0) is 13.0. The van der Waals surface area contributed by atoms with E-state index < -0.39 is 17.8 Å². The van der Waals surface area contributed by atoms with Crippen LogP contribution in [0.1, 0.15) is 30.5 Å². The number of phenols is 1. The molecule has 1 rings (SSSR count). The average Bonchev–Trinajstić information content (AvgIpc) is 2.23. The molecule has 0 aromatic heterocycles. The second kappa shape index (κ2) is 7.18. The van der Waals surface area contributed by atoms with Crippen molar-refractivity contribution in [2.24, 2.45) is 5.73 Å². The zero-order valence-corrected chi connectivity index (χ0v) is 11.1. The Balaban J connectivity index is 0.00000289. The molecule has 0 fully saturated rings. The molecule has 0 aliphatic heterocycles. The number of hydrogen-bond donors (Lipinski definition) is 2. The van der Waals surface area contributed by atoms with Crippen LogP contribution in [0.5, 0.6) is 5.75 Å². The molecule has 0 heterocycles. The van der Waals surface area contributed by atoms with E-state index in [4.69, 9.17) is 10.5 Å². The van der Waals surface area contributed by atoms with E-state index in [9.17, 15) is 14.3 Å². The molecule has 18 heavy (non-hydrogen) atoms. The largest absolute Gasteiger partial charge is 0.507 e. The summed E-state index contributed by atoms with van der Waals surface area (Å²) in [6.07, 6.45) is -0.0930. The van der Waals surface area contributed by atoms with Crippen molar-refractivity contribution in [3.8, 4) is 5.75 Å². The predicted octanol–water partition coefficient (Wildman–Crippen LogP) is 2.21. The Kier molecular flexibility index (Phi) is 6.65. The van der Waals surface area contributed by atoms with Crippen LogP contribution in [-0.2, 0) is 9.53 Å². The molecule has 0 saturated carbocycles. The van der Waals surface area contributed by atoms with Gasteiger partial charge in [0.05, 0.1) is 13.0 Å². The highest BCUT2D eigenvalue weighted by atomic mass is 35.5. The molecular weight excluding hydrogens is 261 g/mol. The Hall–Kier alpha value is -1.33. The third-order valence-electron chi connectivity index (χ3n) is 2.39. The first-order valence-electron chi connectivity index (χ1n) is 5.36. The second-order valence-corrected chi connectivity index (χ2v) is 3.78. The van der Waals surface area contributed by atoms with Gasteiger partial charge in [-0.25, -0.2) is 4.39 Å². The molecule has 0 aliphatic carbocycles. The standard InChI is InChI=1S/C12H16FNO3.ClH/c1-3-17-11(15)6-10(14)9-5-8(13)4-7(2)12(9)16;/h4-5,10,16H,3,6,14H2,1-2H3;1H/t10-;/m0./s1. The number of aromatic hydroxyl groups is 1. The lowest BCUT2D eigenvalue weighted by molar-refractivity contribution is -0.143. The highest BCUT2D eigenvalue weighted by Crippen LogP contribution is 2.29. The number of halogens is 2. The molecule has 0 radical (unpaired) electrons.